The molecule has 1 aromatic heterocycles. The third-order valence-corrected chi connectivity index (χ3v) is 1.02. The van der Waals surface area contributed by atoms with Gasteiger partial charge in [0.2, 0.25) is 0 Å². The number of nitroso groups, excluding NO2 is 1. The predicted octanol–water partition coefficient (Wildman–Crippen LogP) is -0.256. The molecule has 0 aliphatic heterocycles. The van der Waals surface area contributed by atoms with Gasteiger partial charge in [-0.3, -0.25) is 0 Å². The Morgan fingerprint density at radius 1 is 1.27 bits per heavy atom. The molecule has 0 amide bonds. The Bertz CT molecular complexity index is 276. The smallest absolute Gasteiger partial charge is 0.317 e. The van der Waals surface area contributed by atoms with Crippen molar-refractivity contribution in [2.75, 3.05) is 11.5 Å². The van der Waals surface area contributed by atoms with Gasteiger partial charge < -0.3 is 16.6 Å². The van der Waals surface area contributed by atoms with Gasteiger partial charge in [0.25, 0.3) is 0 Å². The van der Waals surface area contributed by atoms with Crippen molar-refractivity contribution in [1.82, 2.24) is 9.97 Å². The Morgan fingerprint density at radius 2 is 1.73 bits per heavy atom. The van der Waals surface area contributed by atoms with Gasteiger partial charge in [0.05, 0.1) is 0 Å². The summed E-state index contributed by atoms with van der Waals surface area (Å²) in [5.74, 6) is -0.463. The number of rotatable bonds is 1. The van der Waals surface area contributed by atoms with Gasteiger partial charge in [-0.15, -0.1) is 4.91 Å². The summed E-state index contributed by atoms with van der Waals surface area (Å²) in [6.07, 6.45) is 0. The second-order valence-corrected chi connectivity index (χ2v) is 1.73. The molecule has 0 spiro atoms. The van der Waals surface area contributed by atoms with Crippen molar-refractivity contribution in [2.24, 2.45) is 5.18 Å². The van der Waals surface area contributed by atoms with E-state index in [9.17, 15) is 4.91 Å². The molecule has 0 aliphatic carbocycles. The molecule has 7 nitrogen and oxygen atoms in total. The Balaban J connectivity index is 3.36. The Labute approximate surface area is 61.0 Å². The summed E-state index contributed by atoms with van der Waals surface area (Å²) in [6.45, 7) is 0. The van der Waals surface area contributed by atoms with Crippen LogP contribution in [0.2, 0.25) is 0 Å². The van der Waals surface area contributed by atoms with E-state index < -0.39 is 6.01 Å². The first-order chi connectivity index (χ1) is 5.15. The minimum Gasteiger partial charge on any atom is -0.479 e. The standard InChI is InChI=1S/C4H5N5O2/c5-2-1(9-11)3(6)8-4(10)7-2/h(H5,5,6,7,8,10). The van der Waals surface area contributed by atoms with Gasteiger partial charge >= 0.3 is 6.01 Å². The molecule has 0 unspecified atom stereocenters. The van der Waals surface area contributed by atoms with Gasteiger partial charge in [0.15, 0.2) is 17.3 Å². The fourth-order valence-electron chi connectivity index (χ4n) is 0.571. The van der Waals surface area contributed by atoms with Crippen molar-refractivity contribution in [3.05, 3.63) is 4.91 Å². The Hall–Kier alpha value is -1.92. The molecule has 58 valence electrons. The van der Waals surface area contributed by atoms with Crippen molar-refractivity contribution in [3.63, 3.8) is 0 Å². The van der Waals surface area contributed by atoms with E-state index in [2.05, 4.69) is 15.1 Å². The zero-order chi connectivity index (χ0) is 8.43. The van der Waals surface area contributed by atoms with Crippen molar-refractivity contribution in [3.8, 4) is 6.01 Å². The molecule has 0 bridgehead atoms. The van der Waals surface area contributed by atoms with Gasteiger partial charge in [-0.2, -0.15) is 9.97 Å². The van der Waals surface area contributed by atoms with Crippen molar-refractivity contribution >= 4 is 17.3 Å². The third kappa shape index (κ3) is 1.16. The molecule has 0 aromatic carbocycles. The maximum atomic E-state index is 9.99. The molecule has 0 saturated heterocycles. The second-order valence-electron chi connectivity index (χ2n) is 1.73. The van der Waals surface area contributed by atoms with Crippen molar-refractivity contribution in [1.29, 1.82) is 0 Å². The van der Waals surface area contributed by atoms with Crippen LogP contribution in [0.5, 0.6) is 6.01 Å². The van der Waals surface area contributed by atoms with Crippen molar-refractivity contribution in [2.45, 2.75) is 0 Å². The molecule has 11 heavy (non-hydrogen) atoms. The fraction of sp³-hybridized carbons (Fsp3) is 0. The molecule has 0 radical (unpaired) electrons. The first-order valence-corrected chi connectivity index (χ1v) is 2.60. The van der Waals surface area contributed by atoms with Gasteiger partial charge in [0.1, 0.15) is 0 Å². The van der Waals surface area contributed by atoms with Gasteiger partial charge in [-0.25, -0.2) is 0 Å². The van der Waals surface area contributed by atoms with Crippen LogP contribution < -0.4 is 11.5 Å². The minimum atomic E-state index is -0.576. The minimum absolute atomic E-state index is 0.231. The van der Waals surface area contributed by atoms with Crippen molar-refractivity contribution < 1.29 is 5.11 Å². The molecule has 1 aromatic rings. The van der Waals surface area contributed by atoms with E-state index in [0.717, 1.165) is 0 Å². The molecule has 7 heteroatoms. The highest BCUT2D eigenvalue weighted by Gasteiger charge is 2.08. The zero-order valence-electron chi connectivity index (χ0n) is 5.35. The van der Waals surface area contributed by atoms with Crippen LogP contribution in [-0.4, -0.2) is 15.1 Å². The number of aromatic hydroxyl groups is 1. The van der Waals surface area contributed by atoms with Crippen LogP contribution in [0, 0.1) is 4.91 Å². The number of nitrogen functional groups attached to an aromatic ring is 2. The molecule has 1 rings (SSSR count). The maximum absolute atomic E-state index is 9.99. The quantitative estimate of drug-likeness (QED) is 0.479. The highest BCUT2D eigenvalue weighted by molar-refractivity contribution is 5.70. The van der Waals surface area contributed by atoms with E-state index in [1.807, 2.05) is 0 Å². The van der Waals surface area contributed by atoms with E-state index in [1.165, 1.54) is 0 Å². The lowest BCUT2D eigenvalue weighted by atomic mass is 10.4. The summed E-state index contributed by atoms with van der Waals surface area (Å²) in [5, 5.41) is 11.2. The topological polar surface area (TPSA) is 127 Å². The Kier molecular flexibility index (Phi) is 1.55. The van der Waals surface area contributed by atoms with E-state index in [-0.39, 0.29) is 17.3 Å². The van der Waals surface area contributed by atoms with Gasteiger partial charge in [-0.05, 0) is 5.18 Å². The number of aromatic nitrogens is 2. The molecule has 5 N–H and O–H groups in total. The second kappa shape index (κ2) is 2.37. The lowest BCUT2D eigenvalue weighted by Gasteiger charge is -1.98. The molecule has 1 heterocycles. The van der Waals surface area contributed by atoms with E-state index >= 15 is 0 Å². The highest BCUT2D eigenvalue weighted by atomic mass is 16.3. The van der Waals surface area contributed by atoms with Gasteiger partial charge in [-0.1, -0.05) is 0 Å². The number of hydrogen-bond acceptors (Lipinski definition) is 7. The number of anilines is 2. The Morgan fingerprint density at radius 3 is 2.09 bits per heavy atom. The average molecular weight is 155 g/mol. The fourth-order valence-corrected chi connectivity index (χ4v) is 0.571. The normalized spacial score (nSPS) is 9.45. The molecule has 0 atom stereocenters. The first-order valence-electron chi connectivity index (χ1n) is 2.60. The third-order valence-electron chi connectivity index (χ3n) is 1.02. The number of nitrogens with zero attached hydrogens (tertiary/aromatic N) is 3. The van der Waals surface area contributed by atoms with Gasteiger partial charge in [0, 0.05) is 0 Å². The average Bonchev–Trinajstić information content (AvgIpc) is 1.85. The summed E-state index contributed by atoms with van der Waals surface area (Å²) < 4.78 is 0. The monoisotopic (exact) mass is 155 g/mol. The van der Waals surface area contributed by atoms with E-state index in [4.69, 9.17) is 16.6 Å². The number of nitrogens with two attached hydrogens (primary N) is 2. The summed E-state index contributed by atoms with van der Waals surface area (Å²) in [6, 6.07) is -0.576. The SMILES string of the molecule is Nc1nc(O)nc(N)c1N=O. The van der Waals surface area contributed by atoms with Crippen LogP contribution in [0.1, 0.15) is 0 Å². The number of hydrogen-bond donors (Lipinski definition) is 3. The zero-order valence-corrected chi connectivity index (χ0v) is 5.35. The van der Waals surface area contributed by atoms with Crippen LogP contribution in [0.25, 0.3) is 0 Å². The summed E-state index contributed by atoms with van der Waals surface area (Å²) in [4.78, 5) is 16.5. The highest BCUT2D eigenvalue weighted by Crippen LogP contribution is 2.26. The summed E-state index contributed by atoms with van der Waals surface area (Å²) in [5.41, 5.74) is 10.0. The maximum Gasteiger partial charge on any atom is 0.317 e. The summed E-state index contributed by atoms with van der Waals surface area (Å²) >= 11 is 0. The molecule has 0 aliphatic rings. The lowest BCUT2D eigenvalue weighted by molar-refractivity contribution is 0.432. The first kappa shape index (κ1) is 7.19. The van der Waals surface area contributed by atoms with Crippen LogP contribution in [-0.2, 0) is 0 Å². The molecular weight excluding hydrogens is 150 g/mol. The largest absolute Gasteiger partial charge is 0.479 e. The predicted molar refractivity (Wildman–Crippen MR) is 38.0 cm³/mol. The van der Waals surface area contributed by atoms with Crippen LogP contribution >= 0.6 is 0 Å². The lowest BCUT2D eigenvalue weighted by Crippen LogP contribution is -1.98. The molecular formula is C4H5N5O2. The van der Waals surface area contributed by atoms with E-state index in [1.54, 1.807) is 0 Å². The molecule has 0 fully saturated rings. The summed E-state index contributed by atoms with van der Waals surface area (Å²) in [7, 11) is 0. The molecule has 0 saturated carbocycles. The van der Waals surface area contributed by atoms with Crippen LogP contribution in [0.3, 0.4) is 0 Å². The van der Waals surface area contributed by atoms with E-state index in [0.29, 0.717) is 0 Å². The van der Waals surface area contributed by atoms with Crippen LogP contribution in [0.4, 0.5) is 17.3 Å². The van der Waals surface area contributed by atoms with Crippen LogP contribution in [0.15, 0.2) is 5.18 Å².